The molecule has 0 aromatic carbocycles. The molecule has 4 unspecified atom stereocenters. The Morgan fingerprint density at radius 3 is 2.79 bits per heavy atom. The predicted octanol–water partition coefficient (Wildman–Crippen LogP) is 2.05. The highest BCUT2D eigenvalue weighted by atomic mass is 16.5. The number of nitrogens with one attached hydrogen (secondary N) is 1. The zero-order valence-corrected chi connectivity index (χ0v) is 9.46. The molecule has 1 heterocycles. The van der Waals surface area contributed by atoms with Crippen LogP contribution in [0.2, 0.25) is 0 Å². The summed E-state index contributed by atoms with van der Waals surface area (Å²) in [6.45, 7) is 7.76. The minimum absolute atomic E-state index is 0.769. The Morgan fingerprint density at radius 1 is 1.29 bits per heavy atom. The van der Waals surface area contributed by atoms with Crippen molar-refractivity contribution in [3.8, 4) is 0 Å². The van der Waals surface area contributed by atoms with Gasteiger partial charge in [-0.2, -0.15) is 0 Å². The van der Waals surface area contributed by atoms with Crippen LogP contribution < -0.4 is 5.32 Å². The second-order valence-corrected chi connectivity index (χ2v) is 4.89. The lowest BCUT2D eigenvalue weighted by Crippen LogP contribution is -2.34. The minimum Gasteiger partial charge on any atom is -0.381 e. The summed E-state index contributed by atoms with van der Waals surface area (Å²) >= 11 is 0. The van der Waals surface area contributed by atoms with E-state index in [1.807, 2.05) is 0 Å². The van der Waals surface area contributed by atoms with Crippen LogP contribution in [0.4, 0.5) is 0 Å². The van der Waals surface area contributed by atoms with Crippen molar-refractivity contribution < 1.29 is 4.74 Å². The van der Waals surface area contributed by atoms with Crippen LogP contribution in [0, 0.1) is 17.8 Å². The summed E-state index contributed by atoms with van der Waals surface area (Å²) in [6, 6.07) is 0.769. The monoisotopic (exact) mass is 197 g/mol. The summed E-state index contributed by atoms with van der Waals surface area (Å²) in [6.07, 6.45) is 4.08. The maximum Gasteiger partial charge on any atom is 0.0497 e. The van der Waals surface area contributed by atoms with Crippen LogP contribution in [0.15, 0.2) is 0 Å². The number of hydrogen-bond acceptors (Lipinski definition) is 2. The zero-order chi connectivity index (χ0) is 9.97. The van der Waals surface area contributed by atoms with E-state index < -0.39 is 0 Å². The third kappa shape index (κ3) is 1.96. The van der Waals surface area contributed by atoms with Crippen molar-refractivity contribution in [1.29, 1.82) is 0 Å². The second-order valence-electron chi connectivity index (χ2n) is 4.89. The van der Waals surface area contributed by atoms with Crippen molar-refractivity contribution in [2.24, 2.45) is 17.8 Å². The van der Waals surface area contributed by atoms with Gasteiger partial charge in [0.15, 0.2) is 0 Å². The van der Waals surface area contributed by atoms with Crippen LogP contribution in [-0.2, 0) is 4.74 Å². The highest BCUT2D eigenvalue weighted by Gasteiger charge is 2.38. The number of ether oxygens (including phenoxy) is 1. The minimum atomic E-state index is 0.769. The lowest BCUT2D eigenvalue weighted by atomic mass is 9.83. The highest BCUT2D eigenvalue weighted by Crippen LogP contribution is 2.39. The van der Waals surface area contributed by atoms with Crippen LogP contribution in [0.25, 0.3) is 0 Å². The Hall–Kier alpha value is -0.0800. The molecular formula is C12H23NO. The third-order valence-electron chi connectivity index (χ3n) is 4.16. The number of hydrogen-bond donors (Lipinski definition) is 1. The molecule has 1 saturated carbocycles. The van der Waals surface area contributed by atoms with Crippen molar-refractivity contribution in [3.05, 3.63) is 0 Å². The SMILES string of the molecule is CCNC1CCC(C2CCOC2)C1C. The van der Waals surface area contributed by atoms with Gasteiger partial charge in [0.2, 0.25) is 0 Å². The van der Waals surface area contributed by atoms with E-state index in [-0.39, 0.29) is 0 Å². The Labute approximate surface area is 87.4 Å². The molecule has 0 aromatic rings. The quantitative estimate of drug-likeness (QED) is 0.747. The van der Waals surface area contributed by atoms with E-state index in [4.69, 9.17) is 4.74 Å². The van der Waals surface area contributed by atoms with Gasteiger partial charge in [0.1, 0.15) is 0 Å². The van der Waals surface area contributed by atoms with Crippen LogP contribution in [-0.4, -0.2) is 25.8 Å². The molecule has 2 rings (SSSR count). The molecule has 82 valence electrons. The fourth-order valence-electron chi connectivity index (χ4n) is 3.30. The van der Waals surface area contributed by atoms with Crippen LogP contribution >= 0.6 is 0 Å². The molecule has 0 aromatic heterocycles. The number of rotatable bonds is 3. The first-order valence-corrected chi connectivity index (χ1v) is 6.14. The standard InChI is InChI=1S/C12H23NO/c1-3-13-12-5-4-11(9(12)2)10-6-7-14-8-10/h9-13H,3-8H2,1-2H3. The Morgan fingerprint density at radius 2 is 2.14 bits per heavy atom. The Kier molecular flexibility index (Phi) is 3.45. The Bertz CT molecular complexity index is 177. The molecule has 1 N–H and O–H groups in total. The Balaban J connectivity index is 1.88. The van der Waals surface area contributed by atoms with Crippen LogP contribution in [0.1, 0.15) is 33.1 Å². The molecule has 0 spiro atoms. The molecule has 2 aliphatic rings. The summed E-state index contributed by atoms with van der Waals surface area (Å²) in [5.74, 6) is 2.62. The molecule has 0 bridgehead atoms. The van der Waals surface area contributed by atoms with Crippen molar-refractivity contribution in [1.82, 2.24) is 5.32 Å². The van der Waals surface area contributed by atoms with Gasteiger partial charge in [0, 0.05) is 19.3 Å². The third-order valence-corrected chi connectivity index (χ3v) is 4.16. The van der Waals surface area contributed by atoms with Gasteiger partial charge in [0.05, 0.1) is 0 Å². The molecule has 14 heavy (non-hydrogen) atoms. The molecule has 2 heteroatoms. The van der Waals surface area contributed by atoms with Crippen molar-refractivity contribution in [2.75, 3.05) is 19.8 Å². The van der Waals surface area contributed by atoms with Gasteiger partial charge in [-0.1, -0.05) is 13.8 Å². The fourth-order valence-corrected chi connectivity index (χ4v) is 3.30. The van der Waals surface area contributed by atoms with Gasteiger partial charge in [-0.3, -0.25) is 0 Å². The van der Waals surface area contributed by atoms with Crippen molar-refractivity contribution >= 4 is 0 Å². The first-order valence-electron chi connectivity index (χ1n) is 6.14. The molecule has 0 amide bonds. The topological polar surface area (TPSA) is 21.3 Å². The van der Waals surface area contributed by atoms with Crippen molar-refractivity contribution in [2.45, 2.75) is 39.2 Å². The summed E-state index contributed by atoms with van der Waals surface area (Å²) in [5, 5.41) is 3.61. The highest BCUT2D eigenvalue weighted by molar-refractivity contribution is 4.90. The van der Waals surface area contributed by atoms with E-state index in [0.29, 0.717) is 0 Å². The van der Waals surface area contributed by atoms with Gasteiger partial charge < -0.3 is 10.1 Å². The maximum absolute atomic E-state index is 5.49. The lowest BCUT2D eigenvalue weighted by Gasteiger charge is -2.25. The molecule has 4 atom stereocenters. The van der Waals surface area contributed by atoms with Crippen LogP contribution in [0.3, 0.4) is 0 Å². The van der Waals surface area contributed by atoms with Gasteiger partial charge in [-0.05, 0) is 43.6 Å². The normalized spacial score (nSPS) is 43.3. The van der Waals surface area contributed by atoms with Gasteiger partial charge in [-0.25, -0.2) is 0 Å². The molecule has 1 saturated heterocycles. The van der Waals surface area contributed by atoms with E-state index in [1.54, 1.807) is 0 Å². The smallest absolute Gasteiger partial charge is 0.0497 e. The summed E-state index contributed by atoms with van der Waals surface area (Å²) in [7, 11) is 0. The van der Waals surface area contributed by atoms with Gasteiger partial charge in [-0.15, -0.1) is 0 Å². The van der Waals surface area contributed by atoms with E-state index in [9.17, 15) is 0 Å². The fraction of sp³-hybridized carbons (Fsp3) is 1.00. The average Bonchev–Trinajstić information content (AvgIpc) is 2.77. The largest absolute Gasteiger partial charge is 0.381 e. The second kappa shape index (κ2) is 4.63. The van der Waals surface area contributed by atoms with E-state index in [1.165, 1.54) is 19.3 Å². The first-order chi connectivity index (χ1) is 6.83. The molecule has 0 radical (unpaired) electrons. The summed E-state index contributed by atoms with van der Waals surface area (Å²) in [4.78, 5) is 0. The van der Waals surface area contributed by atoms with E-state index in [2.05, 4.69) is 19.2 Å². The zero-order valence-electron chi connectivity index (χ0n) is 9.46. The van der Waals surface area contributed by atoms with Gasteiger partial charge in [0.25, 0.3) is 0 Å². The van der Waals surface area contributed by atoms with E-state index in [0.717, 1.165) is 43.6 Å². The molecule has 2 nitrogen and oxygen atoms in total. The van der Waals surface area contributed by atoms with Gasteiger partial charge >= 0.3 is 0 Å². The molecule has 1 aliphatic heterocycles. The molecule has 1 aliphatic carbocycles. The average molecular weight is 197 g/mol. The van der Waals surface area contributed by atoms with E-state index >= 15 is 0 Å². The molecule has 2 fully saturated rings. The molecular weight excluding hydrogens is 174 g/mol. The first kappa shape index (κ1) is 10.4. The predicted molar refractivity (Wildman–Crippen MR) is 58.3 cm³/mol. The summed E-state index contributed by atoms with van der Waals surface area (Å²) < 4.78 is 5.49. The lowest BCUT2D eigenvalue weighted by molar-refractivity contribution is 0.161. The van der Waals surface area contributed by atoms with Crippen LogP contribution in [0.5, 0.6) is 0 Å². The maximum atomic E-state index is 5.49. The summed E-state index contributed by atoms with van der Waals surface area (Å²) in [5.41, 5.74) is 0. The van der Waals surface area contributed by atoms with Crippen molar-refractivity contribution in [3.63, 3.8) is 0 Å².